The number of benzene rings is 1. The van der Waals surface area contributed by atoms with Crippen molar-refractivity contribution in [3.8, 4) is 22.4 Å². The average molecular weight is 467 g/mol. The van der Waals surface area contributed by atoms with E-state index in [4.69, 9.17) is 4.74 Å². The summed E-state index contributed by atoms with van der Waals surface area (Å²) in [5, 5.41) is 12.8. The van der Waals surface area contributed by atoms with Gasteiger partial charge in [0.05, 0.1) is 11.7 Å². The molecule has 2 N–H and O–H groups in total. The van der Waals surface area contributed by atoms with Crippen LogP contribution in [0, 0.1) is 4.91 Å². The predicted molar refractivity (Wildman–Crippen MR) is 129 cm³/mol. The smallest absolute Gasteiger partial charge is 0.407 e. The number of hydrogen-bond donors (Lipinski definition) is 2. The van der Waals surface area contributed by atoms with Crippen molar-refractivity contribution in [2.75, 3.05) is 13.1 Å². The average Bonchev–Trinajstić information content (AvgIpc) is 3.42. The Morgan fingerprint density at radius 1 is 1.27 bits per heavy atom. The van der Waals surface area contributed by atoms with Gasteiger partial charge in [0.1, 0.15) is 17.0 Å². The van der Waals surface area contributed by atoms with Gasteiger partial charge in [-0.25, -0.2) is 4.79 Å². The minimum atomic E-state index is -0.567. The van der Waals surface area contributed by atoms with Gasteiger partial charge in [-0.05, 0) is 67.6 Å². The summed E-state index contributed by atoms with van der Waals surface area (Å²) in [6, 6.07) is 10.9. The van der Waals surface area contributed by atoms with Crippen LogP contribution in [0.25, 0.3) is 22.4 Å². The van der Waals surface area contributed by atoms with E-state index in [0.29, 0.717) is 30.9 Å². The maximum absolute atomic E-state index is 12.8. The molecule has 1 aliphatic rings. The summed E-state index contributed by atoms with van der Waals surface area (Å²) in [7, 11) is 0. The number of hydrogen-bond acceptors (Lipinski definition) is 6. The molecule has 9 heteroatoms. The lowest BCUT2D eigenvalue weighted by Crippen LogP contribution is -2.41. The number of nitrogens with zero attached hydrogens (tertiary/aromatic N) is 2. The molecule has 0 aliphatic carbocycles. The van der Waals surface area contributed by atoms with Crippen LogP contribution in [-0.2, 0) is 4.74 Å². The van der Waals surface area contributed by atoms with Crippen molar-refractivity contribution >= 4 is 29.0 Å². The minimum Gasteiger partial charge on any atom is -0.444 e. The van der Waals surface area contributed by atoms with Gasteiger partial charge < -0.3 is 19.9 Å². The Bertz CT molecular complexity index is 1180. The maximum atomic E-state index is 12.8. The normalized spacial score (nSPS) is 15.5. The van der Waals surface area contributed by atoms with E-state index in [0.717, 1.165) is 22.4 Å². The molecule has 3 heterocycles. The number of alkyl carbamates (subject to hydrolysis) is 1. The number of fused-ring (bicyclic) bond motifs is 1. The molecule has 2 aromatic heterocycles. The van der Waals surface area contributed by atoms with Crippen LogP contribution in [0.15, 0.2) is 52.3 Å². The largest absolute Gasteiger partial charge is 0.444 e. The van der Waals surface area contributed by atoms with Gasteiger partial charge in [-0.2, -0.15) is 11.3 Å². The van der Waals surface area contributed by atoms with Gasteiger partial charge >= 0.3 is 6.09 Å². The number of carbonyl (C=O) groups is 2. The fourth-order valence-electron chi connectivity index (χ4n) is 4.00. The Kier molecular flexibility index (Phi) is 6.33. The van der Waals surface area contributed by atoms with Gasteiger partial charge in [-0.15, -0.1) is 4.91 Å². The molecule has 0 fully saturated rings. The zero-order chi connectivity index (χ0) is 23.6. The van der Waals surface area contributed by atoms with Crippen molar-refractivity contribution in [2.45, 2.75) is 38.8 Å². The van der Waals surface area contributed by atoms with Crippen LogP contribution in [0.1, 0.15) is 43.7 Å². The zero-order valence-electron chi connectivity index (χ0n) is 18.8. The number of ether oxygens (including phenoxy) is 1. The van der Waals surface area contributed by atoms with Gasteiger partial charge in [0.2, 0.25) is 0 Å². The first kappa shape index (κ1) is 22.7. The molecule has 1 atom stereocenters. The summed E-state index contributed by atoms with van der Waals surface area (Å²) in [6.07, 6.45) is 0.139. The first-order chi connectivity index (χ1) is 15.8. The van der Waals surface area contributed by atoms with Crippen molar-refractivity contribution < 1.29 is 14.3 Å². The fraction of sp³-hybridized carbons (Fsp3) is 0.333. The van der Waals surface area contributed by atoms with Crippen molar-refractivity contribution in [3.05, 3.63) is 57.8 Å². The molecule has 0 unspecified atom stereocenters. The Hall–Kier alpha value is -3.46. The standard InChI is InChI=1S/C24H26N4O4S/c1-24(2,3)32-23(30)25-9-7-18-13-26-22(29)20-12-19(15-5-4-6-17(11-15)27-31)21(28(18)20)16-8-10-33-14-16/h4-6,8,10-12,14,18H,7,9,13H2,1-3H3,(H,25,30)(H,26,29)/t18-/m0/s1. The molecule has 1 aliphatic heterocycles. The molecular weight excluding hydrogens is 440 g/mol. The number of rotatable bonds is 6. The first-order valence-corrected chi connectivity index (χ1v) is 11.7. The highest BCUT2D eigenvalue weighted by atomic mass is 32.1. The number of nitroso groups, excluding NO2 is 1. The van der Waals surface area contributed by atoms with E-state index in [2.05, 4.69) is 15.8 Å². The van der Waals surface area contributed by atoms with Crippen LogP contribution in [-0.4, -0.2) is 35.3 Å². The molecule has 8 nitrogen and oxygen atoms in total. The van der Waals surface area contributed by atoms with E-state index in [1.54, 1.807) is 29.5 Å². The van der Waals surface area contributed by atoms with E-state index in [9.17, 15) is 14.5 Å². The number of aromatic nitrogens is 1. The summed E-state index contributed by atoms with van der Waals surface area (Å²) < 4.78 is 7.37. The number of amides is 2. The van der Waals surface area contributed by atoms with Gasteiger partial charge in [0, 0.05) is 29.6 Å². The lowest BCUT2D eigenvalue weighted by Gasteiger charge is -2.29. The van der Waals surface area contributed by atoms with Crippen LogP contribution in [0.2, 0.25) is 0 Å². The van der Waals surface area contributed by atoms with Crippen molar-refractivity contribution in [2.24, 2.45) is 5.18 Å². The van der Waals surface area contributed by atoms with Gasteiger partial charge in [-0.3, -0.25) is 4.79 Å². The molecule has 0 saturated heterocycles. The van der Waals surface area contributed by atoms with Crippen LogP contribution in [0.4, 0.5) is 10.5 Å². The zero-order valence-corrected chi connectivity index (χ0v) is 19.6. The quantitative estimate of drug-likeness (QED) is 0.470. The molecule has 0 radical (unpaired) electrons. The summed E-state index contributed by atoms with van der Waals surface area (Å²) >= 11 is 1.57. The highest BCUT2D eigenvalue weighted by Gasteiger charge is 2.31. The Morgan fingerprint density at radius 2 is 2.09 bits per heavy atom. The van der Waals surface area contributed by atoms with Crippen LogP contribution >= 0.6 is 11.3 Å². The maximum Gasteiger partial charge on any atom is 0.407 e. The molecule has 172 valence electrons. The summed E-state index contributed by atoms with van der Waals surface area (Å²) in [5.41, 5.74) is 3.88. The third-order valence-corrected chi connectivity index (χ3v) is 6.02. The van der Waals surface area contributed by atoms with E-state index in [1.165, 1.54) is 0 Å². The highest BCUT2D eigenvalue weighted by molar-refractivity contribution is 7.08. The van der Waals surface area contributed by atoms with E-state index >= 15 is 0 Å². The molecule has 0 bridgehead atoms. The fourth-order valence-corrected chi connectivity index (χ4v) is 4.64. The molecule has 3 aromatic rings. The second kappa shape index (κ2) is 9.19. The third kappa shape index (κ3) is 4.98. The van der Waals surface area contributed by atoms with Gasteiger partial charge in [0.15, 0.2) is 0 Å². The monoisotopic (exact) mass is 466 g/mol. The van der Waals surface area contributed by atoms with E-state index < -0.39 is 11.7 Å². The Balaban J connectivity index is 1.70. The number of nitrogens with one attached hydrogen (secondary N) is 2. The molecule has 2 amide bonds. The molecular formula is C24H26N4O4S. The first-order valence-electron chi connectivity index (χ1n) is 10.7. The highest BCUT2D eigenvalue weighted by Crippen LogP contribution is 2.40. The minimum absolute atomic E-state index is 0.0661. The second-order valence-electron chi connectivity index (χ2n) is 8.90. The molecule has 0 saturated carbocycles. The summed E-state index contributed by atoms with van der Waals surface area (Å²) in [5.74, 6) is -0.154. The topological polar surface area (TPSA) is 102 Å². The van der Waals surface area contributed by atoms with Crippen molar-refractivity contribution in [3.63, 3.8) is 0 Å². The van der Waals surface area contributed by atoms with Gasteiger partial charge in [0.25, 0.3) is 5.91 Å². The Morgan fingerprint density at radius 3 is 2.79 bits per heavy atom. The predicted octanol–water partition coefficient (Wildman–Crippen LogP) is 5.48. The number of thiophene rings is 1. The van der Waals surface area contributed by atoms with Crippen molar-refractivity contribution in [1.29, 1.82) is 0 Å². The lowest BCUT2D eigenvalue weighted by atomic mass is 10.0. The van der Waals surface area contributed by atoms with Crippen LogP contribution < -0.4 is 10.6 Å². The molecule has 1 aromatic carbocycles. The van der Waals surface area contributed by atoms with Crippen LogP contribution in [0.3, 0.4) is 0 Å². The molecule has 0 spiro atoms. The van der Waals surface area contributed by atoms with E-state index in [1.807, 2.05) is 54.3 Å². The summed E-state index contributed by atoms with van der Waals surface area (Å²) in [6.45, 7) is 6.30. The third-order valence-electron chi connectivity index (χ3n) is 5.34. The van der Waals surface area contributed by atoms with Gasteiger partial charge in [-0.1, -0.05) is 12.1 Å². The molecule has 33 heavy (non-hydrogen) atoms. The summed E-state index contributed by atoms with van der Waals surface area (Å²) in [4.78, 5) is 35.9. The molecule has 4 rings (SSSR count). The second-order valence-corrected chi connectivity index (χ2v) is 9.68. The Labute approximate surface area is 195 Å². The van der Waals surface area contributed by atoms with Crippen molar-refractivity contribution in [1.82, 2.24) is 15.2 Å². The number of carbonyl (C=O) groups excluding carboxylic acids is 2. The van der Waals surface area contributed by atoms with E-state index in [-0.39, 0.29) is 11.9 Å². The lowest BCUT2D eigenvalue weighted by molar-refractivity contribution is 0.0524. The SMILES string of the molecule is CC(C)(C)OC(=O)NCC[C@H]1CNC(=O)c2cc(-c3cccc(N=O)c3)c(-c3ccsc3)n21. The van der Waals surface area contributed by atoms with Crippen LogP contribution in [0.5, 0.6) is 0 Å².